The first-order valence-corrected chi connectivity index (χ1v) is 5.18. The molecule has 1 aliphatic rings. The molecule has 1 aromatic carbocycles. The van der Waals surface area contributed by atoms with Gasteiger partial charge >= 0.3 is 0 Å². The van der Waals surface area contributed by atoms with Gasteiger partial charge < -0.3 is 4.74 Å². The van der Waals surface area contributed by atoms with Crippen LogP contribution in [0.5, 0.6) is 0 Å². The molecule has 3 heteroatoms. The van der Waals surface area contributed by atoms with Crippen molar-refractivity contribution in [3.05, 3.63) is 42.1 Å². The molecule has 2 aromatic rings. The molecule has 16 heavy (non-hydrogen) atoms. The molecule has 0 bridgehead atoms. The first kappa shape index (κ1) is 9.32. The molecular weight excluding hydrogens is 200 g/mol. The highest BCUT2D eigenvalue weighted by Gasteiger charge is 2.41. The number of hydrogen-bond donors (Lipinski definition) is 0. The molecule has 1 aliphatic heterocycles. The topological polar surface area (TPSA) is 45.9 Å². The summed E-state index contributed by atoms with van der Waals surface area (Å²) in [5.74, 6) is 0. The van der Waals surface area contributed by atoms with Crippen molar-refractivity contribution >= 4 is 10.9 Å². The van der Waals surface area contributed by atoms with Crippen molar-refractivity contribution in [2.75, 3.05) is 13.2 Å². The van der Waals surface area contributed by atoms with Gasteiger partial charge in [0, 0.05) is 11.6 Å². The lowest BCUT2D eigenvalue weighted by atomic mass is 9.80. The number of nitriles is 1. The molecule has 0 N–H and O–H groups in total. The second kappa shape index (κ2) is 3.29. The molecule has 0 aliphatic carbocycles. The van der Waals surface area contributed by atoms with Gasteiger partial charge in [0.25, 0.3) is 0 Å². The van der Waals surface area contributed by atoms with Crippen LogP contribution in [-0.4, -0.2) is 18.2 Å². The number of fused-ring (bicyclic) bond motifs is 1. The monoisotopic (exact) mass is 210 g/mol. The maximum absolute atomic E-state index is 9.20. The second-order valence-corrected chi connectivity index (χ2v) is 4.10. The molecular formula is C13H10N2O. The van der Waals surface area contributed by atoms with Crippen molar-refractivity contribution in [3.8, 4) is 6.07 Å². The lowest BCUT2D eigenvalue weighted by Crippen LogP contribution is -2.45. The van der Waals surface area contributed by atoms with E-state index in [2.05, 4.69) is 11.1 Å². The molecule has 78 valence electrons. The van der Waals surface area contributed by atoms with Gasteiger partial charge in [-0.3, -0.25) is 4.98 Å². The fourth-order valence-electron chi connectivity index (χ4n) is 1.93. The Labute approximate surface area is 93.3 Å². The zero-order valence-electron chi connectivity index (χ0n) is 8.68. The average Bonchev–Trinajstić information content (AvgIpc) is 2.28. The third-order valence-electron chi connectivity index (χ3n) is 3.05. The summed E-state index contributed by atoms with van der Waals surface area (Å²) < 4.78 is 5.15. The van der Waals surface area contributed by atoms with Crippen LogP contribution in [0.1, 0.15) is 5.56 Å². The normalized spacial score (nSPS) is 17.7. The van der Waals surface area contributed by atoms with Gasteiger partial charge in [0.15, 0.2) is 0 Å². The lowest BCUT2D eigenvalue weighted by molar-refractivity contribution is -0.0298. The number of hydrogen-bond acceptors (Lipinski definition) is 3. The van der Waals surface area contributed by atoms with E-state index in [0.29, 0.717) is 13.2 Å². The highest BCUT2D eigenvalue weighted by atomic mass is 16.5. The Morgan fingerprint density at radius 3 is 2.81 bits per heavy atom. The number of benzene rings is 1. The molecule has 0 unspecified atom stereocenters. The Hall–Kier alpha value is -1.92. The highest BCUT2D eigenvalue weighted by Crippen LogP contribution is 2.32. The van der Waals surface area contributed by atoms with Gasteiger partial charge in [-0.1, -0.05) is 18.2 Å². The molecule has 0 radical (unpaired) electrons. The highest BCUT2D eigenvalue weighted by molar-refractivity contribution is 5.79. The van der Waals surface area contributed by atoms with Crippen molar-refractivity contribution in [2.45, 2.75) is 5.41 Å². The van der Waals surface area contributed by atoms with Gasteiger partial charge in [0.05, 0.1) is 24.8 Å². The van der Waals surface area contributed by atoms with Gasteiger partial charge in [0.2, 0.25) is 0 Å². The predicted octanol–water partition coefficient (Wildman–Crippen LogP) is 2.03. The molecule has 0 spiro atoms. The van der Waals surface area contributed by atoms with Crippen molar-refractivity contribution < 1.29 is 4.74 Å². The molecule has 1 fully saturated rings. The van der Waals surface area contributed by atoms with Crippen LogP contribution in [0, 0.1) is 11.3 Å². The van der Waals surface area contributed by atoms with Crippen LogP contribution in [-0.2, 0) is 10.2 Å². The minimum Gasteiger partial charge on any atom is -0.377 e. The van der Waals surface area contributed by atoms with Crippen molar-refractivity contribution in [1.29, 1.82) is 5.26 Å². The summed E-state index contributed by atoms with van der Waals surface area (Å²) >= 11 is 0. The van der Waals surface area contributed by atoms with E-state index in [1.54, 1.807) is 6.20 Å². The summed E-state index contributed by atoms with van der Waals surface area (Å²) in [4.78, 5) is 4.37. The van der Waals surface area contributed by atoms with Gasteiger partial charge in [-0.15, -0.1) is 0 Å². The second-order valence-electron chi connectivity index (χ2n) is 4.10. The van der Waals surface area contributed by atoms with Crippen LogP contribution in [0.4, 0.5) is 0 Å². The number of para-hydroxylation sites is 1. The SMILES string of the molecule is N#CC1(c2cnc3ccccc3c2)COC1. The lowest BCUT2D eigenvalue weighted by Gasteiger charge is -2.35. The number of ether oxygens (including phenoxy) is 1. The van der Waals surface area contributed by atoms with E-state index in [0.717, 1.165) is 16.5 Å². The van der Waals surface area contributed by atoms with Crippen LogP contribution in [0.2, 0.25) is 0 Å². The minimum atomic E-state index is -0.475. The maximum atomic E-state index is 9.20. The van der Waals surface area contributed by atoms with Gasteiger partial charge in [0.1, 0.15) is 5.41 Å². The van der Waals surface area contributed by atoms with Gasteiger partial charge in [-0.05, 0) is 17.7 Å². The summed E-state index contributed by atoms with van der Waals surface area (Å²) in [7, 11) is 0. The zero-order valence-corrected chi connectivity index (χ0v) is 8.68. The standard InChI is InChI=1S/C13H10N2O/c14-7-13(8-16-9-13)11-5-10-3-1-2-4-12(10)15-6-11/h1-6H,8-9H2. The Kier molecular flexibility index (Phi) is 1.92. The Bertz CT molecular complexity index is 582. The van der Waals surface area contributed by atoms with Crippen molar-refractivity contribution in [1.82, 2.24) is 4.98 Å². The quantitative estimate of drug-likeness (QED) is 0.723. The van der Waals surface area contributed by atoms with E-state index in [4.69, 9.17) is 4.74 Å². The number of aromatic nitrogens is 1. The Balaban J connectivity index is 2.16. The number of pyridine rings is 1. The summed E-state index contributed by atoms with van der Waals surface area (Å²) in [6.45, 7) is 0.951. The Morgan fingerprint density at radius 2 is 2.12 bits per heavy atom. The molecule has 1 aromatic heterocycles. The van der Waals surface area contributed by atoms with E-state index >= 15 is 0 Å². The maximum Gasteiger partial charge on any atom is 0.130 e. The van der Waals surface area contributed by atoms with E-state index in [1.807, 2.05) is 30.3 Å². The number of nitrogens with zero attached hydrogens (tertiary/aromatic N) is 2. The van der Waals surface area contributed by atoms with Gasteiger partial charge in [-0.2, -0.15) is 5.26 Å². The first-order chi connectivity index (χ1) is 7.84. The summed E-state index contributed by atoms with van der Waals surface area (Å²) in [5, 5.41) is 10.3. The van der Waals surface area contributed by atoms with E-state index in [9.17, 15) is 5.26 Å². The van der Waals surface area contributed by atoms with Crippen LogP contribution < -0.4 is 0 Å². The summed E-state index contributed by atoms with van der Waals surface area (Å²) in [6, 6.07) is 12.3. The third kappa shape index (κ3) is 1.21. The van der Waals surface area contributed by atoms with E-state index in [1.165, 1.54) is 0 Å². The minimum absolute atomic E-state index is 0.475. The molecule has 1 saturated heterocycles. The van der Waals surface area contributed by atoms with Crippen LogP contribution >= 0.6 is 0 Å². The molecule has 0 atom stereocenters. The van der Waals surface area contributed by atoms with Gasteiger partial charge in [-0.25, -0.2) is 0 Å². The largest absolute Gasteiger partial charge is 0.377 e. The summed E-state index contributed by atoms with van der Waals surface area (Å²) in [5.41, 5.74) is 1.44. The zero-order chi connectivity index (χ0) is 11.0. The van der Waals surface area contributed by atoms with Crippen LogP contribution in [0.25, 0.3) is 10.9 Å². The fourth-order valence-corrected chi connectivity index (χ4v) is 1.93. The predicted molar refractivity (Wildman–Crippen MR) is 59.9 cm³/mol. The molecule has 3 rings (SSSR count). The van der Waals surface area contributed by atoms with E-state index < -0.39 is 5.41 Å². The molecule has 0 saturated carbocycles. The first-order valence-electron chi connectivity index (χ1n) is 5.18. The van der Waals surface area contributed by atoms with E-state index in [-0.39, 0.29) is 0 Å². The Morgan fingerprint density at radius 1 is 1.31 bits per heavy atom. The average molecular weight is 210 g/mol. The summed E-state index contributed by atoms with van der Waals surface area (Å²) in [6.07, 6.45) is 1.79. The number of rotatable bonds is 1. The van der Waals surface area contributed by atoms with Crippen molar-refractivity contribution in [2.24, 2.45) is 0 Å². The third-order valence-corrected chi connectivity index (χ3v) is 3.05. The van der Waals surface area contributed by atoms with Crippen LogP contribution in [0.15, 0.2) is 36.5 Å². The smallest absolute Gasteiger partial charge is 0.130 e. The van der Waals surface area contributed by atoms with Crippen LogP contribution in [0.3, 0.4) is 0 Å². The molecule has 3 nitrogen and oxygen atoms in total. The molecule has 2 heterocycles. The fraction of sp³-hybridized carbons (Fsp3) is 0.231. The van der Waals surface area contributed by atoms with Crippen molar-refractivity contribution in [3.63, 3.8) is 0 Å². The molecule has 0 amide bonds.